The summed E-state index contributed by atoms with van der Waals surface area (Å²) in [5, 5.41) is -0.325. The quantitative estimate of drug-likeness (QED) is 0.768. The van der Waals surface area contributed by atoms with Crippen molar-refractivity contribution in [2.75, 3.05) is 0 Å². The second-order valence-corrected chi connectivity index (χ2v) is 36.9. The molecule has 0 aromatic carbocycles. The largest absolute Gasteiger partial charge is 0.435 e. The highest BCUT2D eigenvalue weighted by Gasteiger charge is 2.64. The van der Waals surface area contributed by atoms with E-state index in [-0.39, 0.29) is 5.22 Å². The van der Waals surface area contributed by atoms with Crippen molar-refractivity contribution in [3.63, 3.8) is 0 Å². The van der Waals surface area contributed by atoms with Gasteiger partial charge in [0.2, 0.25) is 8.32 Å². The maximum absolute atomic E-state index is 10.7. The summed E-state index contributed by atoms with van der Waals surface area (Å²) >= 11 is 0. The lowest BCUT2D eigenvalue weighted by atomic mass is 10.3. The average molecular weight is 323 g/mol. The first-order chi connectivity index (χ1) is 7.66. The SMILES string of the molecule is CC1([Si](C)(C)O)CC[Si](C)([Si](C)(C)O)[Si](C)(C)O1. The Morgan fingerprint density at radius 3 is 1.78 bits per heavy atom. The second kappa shape index (κ2) is 4.37. The highest BCUT2D eigenvalue weighted by Crippen LogP contribution is 2.45. The Bertz CT molecular complexity index is 334. The van der Waals surface area contributed by atoms with Crippen LogP contribution < -0.4 is 0 Å². The maximum atomic E-state index is 10.7. The Hall–Kier alpha value is 0.748. The van der Waals surface area contributed by atoms with Crippen molar-refractivity contribution in [2.24, 2.45) is 0 Å². The van der Waals surface area contributed by atoms with Crippen LogP contribution in [0.2, 0.25) is 51.9 Å². The van der Waals surface area contributed by atoms with Crippen LogP contribution in [0.25, 0.3) is 0 Å². The van der Waals surface area contributed by atoms with Gasteiger partial charge < -0.3 is 14.0 Å². The Morgan fingerprint density at radius 1 is 1.06 bits per heavy atom. The van der Waals surface area contributed by atoms with Crippen LogP contribution in [0, 0.1) is 0 Å². The van der Waals surface area contributed by atoms with Crippen LogP contribution in [0.5, 0.6) is 0 Å². The summed E-state index contributed by atoms with van der Waals surface area (Å²) in [6.07, 6.45) is 0.929. The van der Waals surface area contributed by atoms with E-state index in [2.05, 4.69) is 39.7 Å². The molecule has 2 atom stereocenters. The predicted molar refractivity (Wildman–Crippen MR) is 87.4 cm³/mol. The molecule has 0 aromatic rings. The zero-order chi connectivity index (χ0) is 14.6. The van der Waals surface area contributed by atoms with Crippen LogP contribution in [-0.2, 0) is 4.43 Å². The summed E-state index contributed by atoms with van der Waals surface area (Å²) in [7, 11) is -8.06. The fourth-order valence-corrected chi connectivity index (χ4v) is 35.0. The van der Waals surface area contributed by atoms with Gasteiger partial charge in [-0.1, -0.05) is 12.6 Å². The molecular formula is C11H30O3Si4. The summed E-state index contributed by atoms with van der Waals surface area (Å²) in [5.74, 6) is 0. The number of hydrogen-bond acceptors (Lipinski definition) is 3. The van der Waals surface area contributed by atoms with Crippen LogP contribution in [0.4, 0.5) is 0 Å². The first-order valence-electron chi connectivity index (χ1n) is 6.81. The van der Waals surface area contributed by atoms with Gasteiger partial charge in [0, 0.05) is 0 Å². The molecule has 7 heteroatoms. The molecule has 0 radical (unpaired) electrons. The van der Waals surface area contributed by atoms with Gasteiger partial charge in [0.25, 0.3) is 0 Å². The molecule has 1 aliphatic rings. The molecule has 1 heterocycles. The lowest BCUT2D eigenvalue weighted by Crippen LogP contribution is -2.79. The van der Waals surface area contributed by atoms with Crippen LogP contribution in [-0.4, -0.2) is 45.9 Å². The van der Waals surface area contributed by atoms with Crippen molar-refractivity contribution < 1.29 is 14.0 Å². The Balaban J connectivity index is 3.14. The second-order valence-electron chi connectivity index (χ2n) is 7.79. The molecule has 1 saturated heterocycles. The molecule has 1 rings (SSSR count). The van der Waals surface area contributed by atoms with Gasteiger partial charge in [-0.3, -0.25) is 0 Å². The molecule has 0 amide bonds. The van der Waals surface area contributed by atoms with E-state index in [9.17, 15) is 9.59 Å². The molecule has 1 aliphatic heterocycles. The highest BCUT2D eigenvalue weighted by molar-refractivity contribution is 7.66. The predicted octanol–water partition coefficient (Wildman–Crippen LogP) is 2.54. The summed E-state index contributed by atoms with van der Waals surface area (Å²) < 4.78 is 6.55. The first-order valence-corrected chi connectivity index (χ1v) is 20.3. The smallest absolute Gasteiger partial charge is 0.212 e. The molecule has 0 aliphatic carbocycles. The molecule has 18 heavy (non-hydrogen) atoms. The van der Waals surface area contributed by atoms with Crippen molar-refractivity contribution in [3.8, 4) is 0 Å². The van der Waals surface area contributed by atoms with E-state index in [1.165, 1.54) is 0 Å². The van der Waals surface area contributed by atoms with E-state index in [0.29, 0.717) is 0 Å². The Labute approximate surface area is 116 Å². The van der Waals surface area contributed by atoms with E-state index < -0.39 is 31.1 Å². The average Bonchev–Trinajstić information content (AvgIpc) is 2.07. The molecule has 1 fully saturated rings. The van der Waals surface area contributed by atoms with Crippen molar-refractivity contribution in [1.29, 1.82) is 0 Å². The summed E-state index contributed by atoms with van der Waals surface area (Å²) in [6.45, 7) is 17.1. The van der Waals surface area contributed by atoms with Gasteiger partial charge in [-0.25, -0.2) is 0 Å². The van der Waals surface area contributed by atoms with Crippen molar-refractivity contribution in [3.05, 3.63) is 0 Å². The van der Waals surface area contributed by atoms with Gasteiger partial charge in [0.1, 0.15) is 7.11 Å². The van der Waals surface area contributed by atoms with Crippen LogP contribution in [0.15, 0.2) is 0 Å². The summed E-state index contributed by atoms with van der Waals surface area (Å²) in [5.41, 5.74) is 0. The minimum Gasteiger partial charge on any atom is -0.435 e. The number of rotatable bonds is 2. The van der Waals surface area contributed by atoms with Gasteiger partial charge >= 0.3 is 0 Å². The fourth-order valence-electron chi connectivity index (χ4n) is 2.99. The normalized spacial score (nSPS) is 37.7. The lowest BCUT2D eigenvalue weighted by Gasteiger charge is -2.57. The third-order valence-corrected chi connectivity index (χ3v) is 45.1. The highest BCUT2D eigenvalue weighted by atomic mass is 29.7. The fraction of sp³-hybridized carbons (Fsp3) is 1.00. The Morgan fingerprint density at radius 2 is 1.50 bits per heavy atom. The van der Waals surface area contributed by atoms with Crippen molar-refractivity contribution in [1.82, 2.24) is 0 Å². The minimum absolute atomic E-state index is 0.325. The zero-order valence-corrected chi connectivity index (χ0v) is 17.2. The molecular weight excluding hydrogens is 292 g/mol. The van der Waals surface area contributed by atoms with E-state index in [4.69, 9.17) is 4.43 Å². The van der Waals surface area contributed by atoms with Crippen LogP contribution in [0.3, 0.4) is 0 Å². The van der Waals surface area contributed by atoms with Gasteiger partial charge in [-0.15, -0.1) is 0 Å². The molecule has 0 saturated carbocycles. The monoisotopic (exact) mass is 322 g/mol. The maximum Gasteiger partial charge on any atom is 0.212 e. The Kier molecular flexibility index (Phi) is 4.08. The van der Waals surface area contributed by atoms with Gasteiger partial charge in [0.15, 0.2) is 15.7 Å². The van der Waals surface area contributed by atoms with E-state index in [1.54, 1.807) is 0 Å². The lowest BCUT2D eigenvalue weighted by molar-refractivity contribution is 0.129. The van der Waals surface area contributed by atoms with Crippen LogP contribution >= 0.6 is 0 Å². The van der Waals surface area contributed by atoms with Gasteiger partial charge in [0.05, 0.1) is 5.22 Å². The standard InChI is InChI=1S/C11H30O3Si4/c1-11(15(2,3)12)9-10-18(8,16(4,5)13)17(6,7)14-11/h12-13H,9-10H2,1-8H3. The molecule has 3 nitrogen and oxygen atoms in total. The van der Waals surface area contributed by atoms with Gasteiger partial charge in [-0.2, -0.15) is 0 Å². The molecule has 0 aromatic heterocycles. The van der Waals surface area contributed by atoms with E-state index >= 15 is 0 Å². The molecule has 0 spiro atoms. The minimum atomic E-state index is -2.32. The molecule has 2 unspecified atom stereocenters. The van der Waals surface area contributed by atoms with E-state index in [1.807, 2.05) is 13.1 Å². The van der Waals surface area contributed by atoms with Crippen molar-refractivity contribution >= 4 is 31.1 Å². The number of hydrogen-bond donors (Lipinski definition) is 2. The zero-order valence-electron chi connectivity index (χ0n) is 13.2. The van der Waals surface area contributed by atoms with E-state index in [0.717, 1.165) is 12.5 Å². The van der Waals surface area contributed by atoms with Crippen molar-refractivity contribution in [2.45, 2.75) is 70.4 Å². The van der Waals surface area contributed by atoms with Gasteiger partial charge in [-0.05, 0) is 52.6 Å². The molecule has 2 N–H and O–H groups in total. The van der Waals surface area contributed by atoms with Crippen LogP contribution in [0.1, 0.15) is 13.3 Å². The molecule has 108 valence electrons. The third kappa shape index (κ3) is 2.50. The summed E-state index contributed by atoms with van der Waals surface area (Å²) in [4.78, 5) is 21.2. The first kappa shape index (κ1) is 16.8. The molecule has 0 bridgehead atoms. The topological polar surface area (TPSA) is 49.7 Å². The third-order valence-electron chi connectivity index (χ3n) is 5.56. The summed E-state index contributed by atoms with van der Waals surface area (Å²) in [6, 6.07) is 1.12.